The van der Waals surface area contributed by atoms with Crippen molar-refractivity contribution in [3.8, 4) is 17.2 Å². The van der Waals surface area contributed by atoms with Crippen molar-refractivity contribution in [2.24, 2.45) is 0 Å². The van der Waals surface area contributed by atoms with E-state index in [-0.39, 0.29) is 11.7 Å². The molecule has 1 atom stereocenters. The molecule has 0 radical (unpaired) electrons. The summed E-state index contributed by atoms with van der Waals surface area (Å²) in [5.74, 6) is 0.414. The van der Waals surface area contributed by atoms with Crippen LogP contribution in [0.15, 0.2) is 77.2 Å². The van der Waals surface area contributed by atoms with Gasteiger partial charge in [-0.25, -0.2) is 9.37 Å². The Morgan fingerprint density at radius 3 is 2.57 bits per heavy atom. The Morgan fingerprint density at radius 1 is 1.07 bits per heavy atom. The fourth-order valence-electron chi connectivity index (χ4n) is 2.72. The van der Waals surface area contributed by atoms with Gasteiger partial charge in [-0.05, 0) is 55.5 Å². The largest absolute Gasteiger partial charge is 0.481 e. The molecule has 0 bridgehead atoms. The van der Waals surface area contributed by atoms with Gasteiger partial charge in [-0.3, -0.25) is 4.79 Å². The van der Waals surface area contributed by atoms with Gasteiger partial charge in [0.1, 0.15) is 17.1 Å². The number of nitrogens with zero attached hydrogens (tertiary/aromatic N) is 1. The summed E-state index contributed by atoms with van der Waals surface area (Å²) in [6.45, 7) is 1.68. The van der Waals surface area contributed by atoms with E-state index in [2.05, 4.69) is 10.3 Å². The molecule has 0 fully saturated rings. The normalized spacial score (nSPS) is 11.9. The molecule has 0 saturated carbocycles. The molecule has 0 saturated heterocycles. The van der Waals surface area contributed by atoms with Gasteiger partial charge >= 0.3 is 0 Å². The molecule has 6 heteroatoms. The Morgan fingerprint density at radius 2 is 1.82 bits per heavy atom. The smallest absolute Gasteiger partial charge is 0.265 e. The van der Waals surface area contributed by atoms with Gasteiger partial charge in [-0.15, -0.1) is 0 Å². The third-order valence-corrected chi connectivity index (χ3v) is 4.17. The number of carbonyl (C=O) groups excluding carboxylic acids is 1. The van der Waals surface area contributed by atoms with E-state index >= 15 is 0 Å². The number of nitrogens with one attached hydrogen (secondary N) is 1. The van der Waals surface area contributed by atoms with Crippen molar-refractivity contribution in [2.75, 3.05) is 5.32 Å². The minimum Gasteiger partial charge on any atom is -0.481 e. The number of amides is 1. The molecule has 1 amide bonds. The van der Waals surface area contributed by atoms with Crippen molar-refractivity contribution in [1.82, 2.24) is 4.98 Å². The van der Waals surface area contributed by atoms with E-state index in [1.54, 1.807) is 49.4 Å². The van der Waals surface area contributed by atoms with Gasteiger partial charge in [-0.1, -0.05) is 18.2 Å². The first kappa shape index (κ1) is 17.7. The van der Waals surface area contributed by atoms with Gasteiger partial charge in [0, 0.05) is 17.3 Å². The van der Waals surface area contributed by atoms with Crippen LogP contribution >= 0.6 is 0 Å². The predicted molar refractivity (Wildman–Crippen MR) is 105 cm³/mol. The van der Waals surface area contributed by atoms with Crippen molar-refractivity contribution in [3.63, 3.8) is 0 Å². The maximum atomic E-state index is 13.1. The first-order valence-corrected chi connectivity index (χ1v) is 8.77. The summed E-state index contributed by atoms with van der Waals surface area (Å²) in [7, 11) is 0. The molecule has 5 nitrogen and oxygen atoms in total. The van der Waals surface area contributed by atoms with Crippen LogP contribution in [0, 0.1) is 5.82 Å². The number of benzene rings is 3. The molecule has 1 aromatic heterocycles. The van der Waals surface area contributed by atoms with Crippen molar-refractivity contribution in [1.29, 1.82) is 0 Å². The van der Waals surface area contributed by atoms with E-state index in [4.69, 9.17) is 9.15 Å². The second-order valence-corrected chi connectivity index (χ2v) is 6.27. The molecule has 0 aliphatic carbocycles. The first-order chi connectivity index (χ1) is 13.6. The quantitative estimate of drug-likeness (QED) is 0.530. The van der Waals surface area contributed by atoms with Crippen LogP contribution in [-0.4, -0.2) is 17.0 Å². The van der Waals surface area contributed by atoms with E-state index in [0.29, 0.717) is 34.0 Å². The number of oxazole rings is 1. The second kappa shape index (κ2) is 7.52. The van der Waals surface area contributed by atoms with Crippen LogP contribution in [0.1, 0.15) is 6.92 Å². The maximum Gasteiger partial charge on any atom is 0.265 e. The van der Waals surface area contributed by atoms with Crippen LogP contribution in [0.5, 0.6) is 5.75 Å². The van der Waals surface area contributed by atoms with Crippen LogP contribution in [0.4, 0.5) is 10.1 Å². The first-order valence-electron chi connectivity index (χ1n) is 8.77. The molecular weight excluding hydrogens is 359 g/mol. The van der Waals surface area contributed by atoms with Gasteiger partial charge < -0.3 is 14.5 Å². The summed E-state index contributed by atoms with van der Waals surface area (Å²) in [4.78, 5) is 16.8. The molecule has 28 heavy (non-hydrogen) atoms. The summed E-state index contributed by atoms with van der Waals surface area (Å²) in [6.07, 6.45) is -0.664. The molecule has 0 unspecified atom stereocenters. The van der Waals surface area contributed by atoms with Crippen LogP contribution in [-0.2, 0) is 4.79 Å². The number of para-hydroxylation sites is 1. The minimum absolute atomic E-state index is 0.276. The highest BCUT2D eigenvalue weighted by atomic mass is 19.1. The van der Waals surface area contributed by atoms with Crippen LogP contribution in [0.3, 0.4) is 0 Å². The molecule has 0 aliphatic heterocycles. The maximum absolute atomic E-state index is 13.1. The molecule has 4 aromatic rings. The standard InChI is InChI=1S/C22H17FN2O3/c1-14(27-18-5-3-2-4-6-18)21(26)24-17-11-12-19-20(13-17)28-22(25-19)15-7-9-16(23)10-8-15/h2-14H,1H3,(H,24,26)/t14-/m0/s1. The van der Waals surface area contributed by atoms with E-state index in [1.165, 1.54) is 12.1 Å². The zero-order valence-electron chi connectivity index (χ0n) is 15.1. The van der Waals surface area contributed by atoms with Gasteiger partial charge in [0.15, 0.2) is 11.7 Å². The Kier molecular flexibility index (Phi) is 4.76. The van der Waals surface area contributed by atoms with Gasteiger partial charge in [-0.2, -0.15) is 0 Å². The monoisotopic (exact) mass is 376 g/mol. The second-order valence-electron chi connectivity index (χ2n) is 6.27. The molecule has 4 rings (SSSR count). The number of fused-ring (bicyclic) bond motifs is 1. The molecule has 0 spiro atoms. The Labute approximate surface area is 160 Å². The lowest BCUT2D eigenvalue weighted by Crippen LogP contribution is -2.30. The number of halogens is 1. The van der Waals surface area contributed by atoms with E-state index in [9.17, 15) is 9.18 Å². The number of rotatable bonds is 5. The fourth-order valence-corrected chi connectivity index (χ4v) is 2.72. The summed E-state index contributed by atoms with van der Waals surface area (Å²) >= 11 is 0. The number of ether oxygens (including phenoxy) is 1. The summed E-state index contributed by atoms with van der Waals surface area (Å²) in [5.41, 5.74) is 2.41. The number of aromatic nitrogens is 1. The summed E-state index contributed by atoms with van der Waals surface area (Å²) in [6, 6.07) is 20.3. The average Bonchev–Trinajstić information content (AvgIpc) is 3.12. The molecular formula is C22H17FN2O3. The molecule has 1 heterocycles. The van der Waals surface area contributed by atoms with E-state index in [1.807, 2.05) is 18.2 Å². The predicted octanol–water partition coefficient (Wildman–Crippen LogP) is 5.04. The third kappa shape index (κ3) is 3.86. The Balaban J connectivity index is 1.49. The number of carbonyl (C=O) groups is 1. The number of anilines is 1. The van der Waals surface area contributed by atoms with Crippen LogP contribution < -0.4 is 10.1 Å². The van der Waals surface area contributed by atoms with Crippen LogP contribution in [0.25, 0.3) is 22.6 Å². The Bertz CT molecular complexity index is 1110. The lowest BCUT2D eigenvalue weighted by atomic mass is 10.2. The van der Waals surface area contributed by atoms with Crippen LogP contribution in [0.2, 0.25) is 0 Å². The highest BCUT2D eigenvalue weighted by Gasteiger charge is 2.16. The number of hydrogen-bond acceptors (Lipinski definition) is 4. The van der Waals surface area contributed by atoms with Crippen molar-refractivity contribution in [2.45, 2.75) is 13.0 Å². The topological polar surface area (TPSA) is 64.4 Å². The average molecular weight is 376 g/mol. The lowest BCUT2D eigenvalue weighted by molar-refractivity contribution is -0.122. The minimum atomic E-state index is -0.664. The van der Waals surface area contributed by atoms with E-state index in [0.717, 1.165) is 0 Å². The van der Waals surface area contributed by atoms with E-state index < -0.39 is 6.10 Å². The third-order valence-electron chi connectivity index (χ3n) is 4.17. The molecule has 3 aromatic carbocycles. The molecule has 0 aliphatic rings. The van der Waals surface area contributed by atoms with Crippen molar-refractivity contribution >= 4 is 22.7 Å². The summed E-state index contributed by atoms with van der Waals surface area (Å²) < 4.78 is 24.5. The van der Waals surface area contributed by atoms with Crippen molar-refractivity contribution in [3.05, 3.63) is 78.6 Å². The zero-order valence-corrected chi connectivity index (χ0v) is 15.1. The highest BCUT2D eigenvalue weighted by molar-refractivity contribution is 5.95. The molecule has 140 valence electrons. The fraction of sp³-hybridized carbons (Fsp3) is 0.0909. The van der Waals surface area contributed by atoms with Gasteiger partial charge in [0.05, 0.1) is 0 Å². The molecule has 1 N–H and O–H groups in total. The summed E-state index contributed by atoms with van der Waals surface area (Å²) in [5, 5.41) is 2.81. The number of hydrogen-bond donors (Lipinski definition) is 1. The zero-order chi connectivity index (χ0) is 19.5. The van der Waals surface area contributed by atoms with Gasteiger partial charge in [0.25, 0.3) is 5.91 Å². The van der Waals surface area contributed by atoms with Crippen molar-refractivity contribution < 1.29 is 18.3 Å². The van der Waals surface area contributed by atoms with Gasteiger partial charge in [0.2, 0.25) is 5.89 Å². The lowest BCUT2D eigenvalue weighted by Gasteiger charge is -2.14. The highest BCUT2D eigenvalue weighted by Crippen LogP contribution is 2.26. The Hall–Kier alpha value is -3.67. The SMILES string of the molecule is C[C@H](Oc1ccccc1)C(=O)Nc1ccc2nc(-c3ccc(F)cc3)oc2c1.